The van der Waals surface area contributed by atoms with Gasteiger partial charge in [-0.1, -0.05) is 5.21 Å². The summed E-state index contributed by atoms with van der Waals surface area (Å²) in [6, 6.07) is 5.18. The van der Waals surface area contributed by atoms with Crippen LogP contribution >= 0.6 is 0 Å². The number of amides is 1. The van der Waals surface area contributed by atoms with Gasteiger partial charge in [0.05, 0.1) is 11.9 Å². The lowest BCUT2D eigenvalue weighted by Crippen LogP contribution is -2.29. The number of nitrogens with zero attached hydrogens (tertiary/aromatic N) is 4. The van der Waals surface area contributed by atoms with Gasteiger partial charge in [0, 0.05) is 25.7 Å². The van der Waals surface area contributed by atoms with Crippen molar-refractivity contribution in [2.75, 3.05) is 13.6 Å². The molecule has 0 bridgehead atoms. The predicted molar refractivity (Wildman–Crippen MR) is 72.4 cm³/mol. The van der Waals surface area contributed by atoms with E-state index in [-0.39, 0.29) is 18.9 Å². The van der Waals surface area contributed by atoms with Crippen molar-refractivity contribution in [3.63, 3.8) is 0 Å². The molecule has 0 aliphatic rings. The minimum atomic E-state index is -0.925. The molecule has 0 spiro atoms. The molecule has 1 heterocycles. The van der Waals surface area contributed by atoms with Crippen LogP contribution in [0.1, 0.15) is 23.7 Å². The summed E-state index contributed by atoms with van der Waals surface area (Å²) in [7, 11) is 1.58. The second-order valence-corrected chi connectivity index (χ2v) is 4.48. The van der Waals surface area contributed by atoms with E-state index in [1.165, 1.54) is 4.90 Å². The maximum atomic E-state index is 12.2. The molecule has 0 saturated heterocycles. The van der Waals surface area contributed by atoms with Crippen molar-refractivity contribution in [1.82, 2.24) is 19.9 Å². The zero-order valence-electron chi connectivity index (χ0n) is 11.4. The monoisotopic (exact) mass is 276 g/mol. The third-order valence-electron chi connectivity index (χ3n) is 3.07. The molecule has 0 aliphatic carbocycles. The highest BCUT2D eigenvalue weighted by Crippen LogP contribution is 2.14. The Morgan fingerprint density at radius 1 is 1.40 bits per heavy atom. The normalized spacial score (nSPS) is 10.7. The summed E-state index contributed by atoms with van der Waals surface area (Å²) in [4.78, 5) is 24.1. The van der Waals surface area contributed by atoms with Gasteiger partial charge in [0.15, 0.2) is 0 Å². The largest absolute Gasteiger partial charge is 0.481 e. The standard InChI is InChI=1S/C13H16N4O3/c1-3-17-11-5-4-9(8-10(11)14-15-17)13(20)16(2)7-6-12(18)19/h4-5,8H,3,6-7H2,1-2H3,(H,18,19). The van der Waals surface area contributed by atoms with Crippen LogP contribution in [-0.2, 0) is 11.3 Å². The summed E-state index contributed by atoms with van der Waals surface area (Å²) >= 11 is 0. The van der Waals surface area contributed by atoms with Gasteiger partial charge in [-0.2, -0.15) is 0 Å². The van der Waals surface area contributed by atoms with Crippen LogP contribution in [0.5, 0.6) is 0 Å². The fraction of sp³-hybridized carbons (Fsp3) is 0.385. The summed E-state index contributed by atoms with van der Waals surface area (Å²) < 4.78 is 1.75. The van der Waals surface area contributed by atoms with Crippen molar-refractivity contribution in [2.45, 2.75) is 19.9 Å². The summed E-state index contributed by atoms with van der Waals surface area (Å²) in [5.41, 5.74) is 2.01. The van der Waals surface area contributed by atoms with Crippen LogP contribution in [0.2, 0.25) is 0 Å². The Morgan fingerprint density at radius 3 is 2.80 bits per heavy atom. The number of carboxylic acid groups (broad SMARTS) is 1. The molecule has 0 radical (unpaired) electrons. The summed E-state index contributed by atoms with van der Waals surface area (Å²) in [5.74, 6) is -1.15. The van der Waals surface area contributed by atoms with Gasteiger partial charge in [0.25, 0.3) is 5.91 Å². The highest BCUT2D eigenvalue weighted by molar-refractivity contribution is 5.97. The van der Waals surface area contributed by atoms with Crippen molar-refractivity contribution in [3.05, 3.63) is 23.8 Å². The van der Waals surface area contributed by atoms with Gasteiger partial charge in [-0.05, 0) is 25.1 Å². The molecule has 0 aliphatic heterocycles. The Bertz CT molecular complexity index is 650. The molecule has 20 heavy (non-hydrogen) atoms. The Morgan fingerprint density at radius 2 is 2.15 bits per heavy atom. The van der Waals surface area contributed by atoms with E-state index in [0.29, 0.717) is 17.6 Å². The van der Waals surface area contributed by atoms with E-state index in [9.17, 15) is 9.59 Å². The van der Waals surface area contributed by atoms with Gasteiger partial charge in [-0.15, -0.1) is 5.10 Å². The lowest BCUT2D eigenvalue weighted by Gasteiger charge is -2.15. The molecular formula is C13H16N4O3. The van der Waals surface area contributed by atoms with Crippen LogP contribution in [0.4, 0.5) is 0 Å². The van der Waals surface area contributed by atoms with E-state index in [2.05, 4.69) is 10.3 Å². The summed E-state index contributed by atoms with van der Waals surface area (Å²) in [6.07, 6.45) is -0.0729. The SMILES string of the molecule is CCn1nnc2cc(C(=O)N(C)CCC(=O)O)ccc21. The van der Waals surface area contributed by atoms with E-state index in [1.807, 2.05) is 6.92 Å². The van der Waals surface area contributed by atoms with Crippen molar-refractivity contribution >= 4 is 22.9 Å². The number of carboxylic acids is 1. The molecule has 2 rings (SSSR count). The molecule has 2 aromatic rings. The Kier molecular flexibility index (Phi) is 3.97. The van der Waals surface area contributed by atoms with Crippen molar-refractivity contribution in [3.8, 4) is 0 Å². The second kappa shape index (κ2) is 5.68. The molecule has 1 amide bonds. The summed E-state index contributed by atoms with van der Waals surface area (Å²) in [6.45, 7) is 2.85. The molecule has 0 atom stereocenters. The van der Waals surface area contributed by atoms with E-state index in [1.54, 1.807) is 29.9 Å². The second-order valence-electron chi connectivity index (χ2n) is 4.48. The highest BCUT2D eigenvalue weighted by atomic mass is 16.4. The smallest absolute Gasteiger partial charge is 0.305 e. The molecule has 0 fully saturated rings. The average Bonchev–Trinajstić information content (AvgIpc) is 2.85. The van der Waals surface area contributed by atoms with E-state index < -0.39 is 5.97 Å². The fourth-order valence-electron chi connectivity index (χ4n) is 1.92. The maximum absolute atomic E-state index is 12.2. The van der Waals surface area contributed by atoms with E-state index >= 15 is 0 Å². The van der Waals surface area contributed by atoms with Crippen molar-refractivity contribution in [1.29, 1.82) is 0 Å². The molecular weight excluding hydrogens is 260 g/mol. The van der Waals surface area contributed by atoms with Gasteiger partial charge >= 0.3 is 5.97 Å². The first-order chi connectivity index (χ1) is 9.52. The van der Waals surface area contributed by atoms with Crippen LogP contribution in [0.25, 0.3) is 11.0 Å². The fourth-order valence-corrected chi connectivity index (χ4v) is 1.92. The number of aromatic nitrogens is 3. The number of carbonyl (C=O) groups excluding carboxylic acids is 1. The van der Waals surface area contributed by atoms with Gasteiger partial charge in [0.2, 0.25) is 0 Å². The third kappa shape index (κ3) is 2.76. The Labute approximate surface area is 115 Å². The van der Waals surface area contributed by atoms with Crippen molar-refractivity contribution < 1.29 is 14.7 Å². The zero-order chi connectivity index (χ0) is 14.7. The number of aliphatic carboxylic acids is 1. The van der Waals surface area contributed by atoms with Gasteiger partial charge in [-0.3, -0.25) is 9.59 Å². The van der Waals surface area contributed by atoms with Gasteiger partial charge in [-0.25, -0.2) is 4.68 Å². The molecule has 1 N–H and O–H groups in total. The van der Waals surface area contributed by atoms with Gasteiger partial charge in [0.1, 0.15) is 5.52 Å². The van der Waals surface area contributed by atoms with E-state index in [4.69, 9.17) is 5.11 Å². The summed E-state index contributed by atoms with van der Waals surface area (Å²) in [5, 5.41) is 16.6. The molecule has 0 saturated carbocycles. The number of fused-ring (bicyclic) bond motifs is 1. The minimum Gasteiger partial charge on any atom is -0.481 e. The molecule has 1 aromatic heterocycles. The third-order valence-corrected chi connectivity index (χ3v) is 3.07. The number of carbonyl (C=O) groups is 2. The highest BCUT2D eigenvalue weighted by Gasteiger charge is 2.14. The van der Waals surface area contributed by atoms with Crippen LogP contribution in [-0.4, -0.2) is 50.5 Å². The number of hydrogen-bond donors (Lipinski definition) is 1. The lowest BCUT2D eigenvalue weighted by molar-refractivity contribution is -0.137. The predicted octanol–water partition coefficient (Wildman–Crippen LogP) is 0.998. The minimum absolute atomic E-state index is 0.0729. The van der Waals surface area contributed by atoms with Crippen LogP contribution in [0.15, 0.2) is 18.2 Å². The number of aryl methyl sites for hydroxylation is 1. The topological polar surface area (TPSA) is 88.3 Å². The average molecular weight is 276 g/mol. The molecule has 7 heteroatoms. The van der Waals surface area contributed by atoms with E-state index in [0.717, 1.165) is 5.52 Å². The quantitative estimate of drug-likeness (QED) is 0.880. The Hall–Kier alpha value is -2.44. The molecule has 0 unspecified atom stereocenters. The first-order valence-electron chi connectivity index (χ1n) is 6.33. The first-order valence-corrected chi connectivity index (χ1v) is 6.33. The number of rotatable bonds is 5. The molecule has 7 nitrogen and oxygen atoms in total. The van der Waals surface area contributed by atoms with Crippen LogP contribution < -0.4 is 0 Å². The zero-order valence-corrected chi connectivity index (χ0v) is 11.4. The Balaban J connectivity index is 2.20. The maximum Gasteiger partial charge on any atom is 0.305 e. The van der Waals surface area contributed by atoms with Crippen LogP contribution in [0.3, 0.4) is 0 Å². The molecule has 1 aromatic carbocycles. The number of benzene rings is 1. The number of hydrogen-bond acceptors (Lipinski definition) is 4. The van der Waals surface area contributed by atoms with Gasteiger partial charge < -0.3 is 10.0 Å². The van der Waals surface area contributed by atoms with Crippen LogP contribution in [0, 0.1) is 0 Å². The van der Waals surface area contributed by atoms with Crippen molar-refractivity contribution in [2.24, 2.45) is 0 Å². The first kappa shape index (κ1) is 14.0. The molecule has 106 valence electrons. The lowest BCUT2D eigenvalue weighted by atomic mass is 10.1.